The Morgan fingerprint density at radius 1 is 0.939 bits per heavy atom. The maximum absolute atomic E-state index is 14.6. The van der Waals surface area contributed by atoms with Gasteiger partial charge in [0.2, 0.25) is 17.6 Å². The second-order valence-electron chi connectivity index (χ2n) is 15.6. The fourth-order valence-corrected chi connectivity index (χ4v) is 7.74. The van der Waals surface area contributed by atoms with E-state index in [1.165, 1.54) is 0 Å². The van der Waals surface area contributed by atoms with Crippen molar-refractivity contribution in [2.75, 3.05) is 13.2 Å². The van der Waals surface area contributed by atoms with E-state index in [0.717, 1.165) is 24.0 Å². The average Bonchev–Trinajstić information content (AvgIpc) is 3.78. The van der Waals surface area contributed by atoms with E-state index >= 15 is 0 Å². The fourth-order valence-electron chi connectivity index (χ4n) is 7.74. The minimum atomic E-state index is -1.10. The van der Waals surface area contributed by atoms with Crippen LogP contribution < -0.4 is 27.0 Å². The maximum atomic E-state index is 14.6. The zero-order valence-electron chi connectivity index (χ0n) is 29.4. The Balaban J connectivity index is 1.36. The minimum absolute atomic E-state index is 0.0595. The molecule has 2 saturated carbocycles. The van der Waals surface area contributed by atoms with Crippen molar-refractivity contribution in [2.24, 2.45) is 40.7 Å². The number of amides is 6. The van der Waals surface area contributed by atoms with E-state index in [9.17, 15) is 28.8 Å². The molecule has 1 aromatic carbocycles. The Morgan fingerprint density at radius 3 is 2.12 bits per heavy atom. The summed E-state index contributed by atoms with van der Waals surface area (Å²) < 4.78 is 5.36. The van der Waals surface area contributed by atoms with E-state index in [1.807, 2.05) is 52.0 Å². The molecule has 0 aromatic heterocycles. The quantitative estimate of drug-likeness (QED) is 0.186. The number of Topliss-reactive ketones (excluding diaryl/α,β-unsaturated/α-hetero) is 1. The number of piperidine rings is 1. The lowest BCUT2D eigenvalue weighted by molar-refractivity contribution is -0.144. The van der Waals surface area contributed by atoms with Gasteiger partial charge in [-0.3, -0.25) is 19.2 Å². The third-order valence-electron chi connectivity index (χ3n) is 10.9. The van der Waals surface area contributed by atoms with Crippen molar-refractivity contribution in [1.82, 2.24) is 26.2 Å². The summed E-state index contributed by atoms with van der Waals surface area (Å²) >= 11 is 0. The van der Waals surface area contributed by atoms with Gasteiger partial charge in [-0.05, 0) is 79.2 Å². The highest BCUT2D eigenvalue weighted by Gasteiger charge is 2.70. The number of alkyl carbamates (subject to hydrolysis) is 1. The predicted octanol–water partition coefficient (Wildman–Crippen LogP) is 2.05. The monoisotopic (exact) mass is 680 g/mol. The highest BCUT2D eigenvalue weighted by molar-refractivity contribution is 6.37. The number of nitrogens with two attached hydrogens (primary N) is 1. The van der Waals surface area contributed by atoms with Crippen LogP contribution in [-0.2, 0) is 36.8 Å². The van der Waals surface area contributed by atoms with E-state index in [1.54, 1.807) is 4.90 Å². The Hall–Kier alpha value is -4.16. The molecule has 3 fully saturated rings. The first-order chi connectivity index (χ1) is 23.1. The number of carbonyl (C=O) groups excluding carboxylic acids is 6. The van der Waals surface area contributed by atoms with Crippen molar-refractivity contribution in [3.8, 4) is 0 Å². The highest BCUT2D eigenvalue weighted by atomic mass is 16.5. The number of hydrogen-bond donors (Lipinski definition) is 5. The first kappa shape index (κ1) is 36.1. The molecule has 4 unspecified atom stereocenters. The second kappa shape index (κ2) is 14.4. The van der Waals surface area contributed by atoms with Gasteiger partial charge in [0.1, 0.15) is 18.7 Å². The average molecular weight is 681 g/mol. The van der Waals surface area contributed by atoms with Crippen LogP contribution in [0.4, 0.5) is 9.59 Å². The normalized spacial score (nSPS) is 23.9. The van der Waals surface area contributed by atoms with E-state index in [2.05, 4.69) is 35.1 Å². The van der Waals surface area contributed by atoms with E-state index in [0.29, 0.717) is 25.8 Å². The van der Waals surface area contributed by atoms with Crippen LogP contribution in [0.5, 0.6) is 0 Å². The molecular formula is C36H52N6O7. The number of urea groups is 1. The van der Waals surface area contributed by atoms with Gasteiger partial charge < -0.3 is 36.6 Å². The highest BCUT2D eigenvalue weighted by Crippen LogP contribution is 2.65. The smallest absolute Gasteiger partial charge is 0.407 e. The fraction of sp³-hybridized carbons (Fsp3) is 0.667. The molecule has 49 heavy (non-hydrogen) atoms. The molecule has 13 nitrogen and oxygen atoms in total. The summed E-state index contributed by atoms with van der Waals surface area (Å²) in [5.41, 5.74) is 7.34. The Labute approximate surface area is 288 Å². The molecule has 0 spiro atoms. The summed E-state index contributed by atoms with van der Waals surface area (Å²) in [4.78, 5) is 80.5. The van der Waals surface area contributed by atoms with Crippen LogP contribution in [0.25, 0.3) is 0 Å². The van der Waals surface area contributed by atoms with Crippen LogP contribution in [0.3, 0.4) is 0 Å². The first-order valence-electron chi connectivity index (χ1n) is 17.6. The van der Waals surface area contributed by atoms with Gasteiger partial charge in [0.25, 0.3) is 5.91 Å². The molecule has 4 aliphatic rings. The number of hydrogen-bond acceptors (Lipinski definition) is 7. The van der Waals surface area contributed by atoms with Crippen LogP contribution in [0.1, 0.15) is 71.9 Å². The second-order valence-corrected chi connectivity index (χ2v) is 15.6. The SMILES string of the molecule is CC(C)NC(=O)OC[C@@H](NC(=O)NC(C(=O)N1CC2[C@@H](C1C(=O)NC(CC1CC1)C(=O)C(N)=O)C2(C)C)C1Cc2ccccc2C1)C(C)C. The number of benzene rings is 1. The van der Waals surface area contributed by atoms with Gasteiger partial charge in [-0.2, -0.15) is 0 Å². The Morgan fingerprint density at radius 2 is 1.57 bits per heavy atom. The van der Waals surface area contributed by atoms with Gasteiger partial charge in [-0.25, -0.2) is 9.59 Å². The molecule has 1 aromatic rings. The van der Waals surface area contributed by atoms with Gasteiger partial charge in [0, 0.05) is 12.6 Å². The van der Waals surface area contributed by atoms with E-state index in [4.69, 9.17) is 10.5 Å². The number of likely N-dealkylation sites (tertiary alicyclic amines) is 1. The maximum Gasteiger partial charge on any atom is 0.407 e. The van der Waals surface area contributed by atoms with Gasteiger partial charge in [0.05, 0.1) is 12.1 Å². The zero-order chi connectivity index (χ0) is 35.8. The van der Waals surface area contributed by atoms with Crippen molar-refractivity contribution >= 4 is 35.6 Å². The van der Waals surface area contributed by atoms with Gasteiger partial charge in [-0.1, -0.05) is 64.8 Å². The minimum Gasteiger partial charge on any atom is -0.447 e. The van der Waals surface area contributed by atoms with Crippen molar-refractivity contribution in [3.63, 3.8) is 0 Å². The van der Waals surface area contributed by atoms with Crippen LogP contribution in [-0.4, -0.2) is 83.9 Å². The molecular weight excluding hydrogens is 628 g/mol. The van der Waals surface area contributed by atoms with Gasteiger partial charge >= 0.3 is 12.1 Å². The van der Waals surface area contributed by atoms with Gasteiger partial charge in [0.15, 0.2) is 0 Å². The number of carbonyl (C=O) groups is 6. The van der Waals surface area contributed by atoms with Crippen LogP contribution in [0.15, 0.2) is 24.3 Å². The van der Waals surface area contributed by atoms with Crippen molar-refractivity contribution in [1.29, 1.82) is 0 Å². The molecule has 5 rings (SSSR count). The van der Waals surface area contributed by atoms with Crippen molar-refractivity contribution in [3.05, 3.63) is 35.4 Å². The predicted molar refractivity (Wildman–Crippen MR) is 181 cm³/mol. The number of nitrogens with zero attached hydrogens (tertiary/aromatic N) is 1. The summed E-state index contributed by atoms with van der Waals surface area (Å²) in [6, 6.07) is 3.84. The molecule has 13 heteroatoms. The van der Waals surface area contributed by atoms with Crippen molar-refractivity contribution < 1.29 is 33.5 Å². The Kier molecular flexibility index (Phi) is 10.6. The Bertz CT molecular complexity index is 1450. The number of ether oxygens (including phenoxy) is 1. The largest absolute Gasteiger partial charge is 0.447 e. The molecule has 6 amide bonds. The third-order valence-corrected chi connectivity index (χ3v) is 10.9. The van der Waals surface area contributed by atoms with Crippen LogP contribution >= 0.6 is 0 Å². The summed E-state index contributed by atoms with van der Waals surface area (Å²) in [5, 5.41) is 11.3. The first-order valence-corrected chi connectivity index (χ1v) is 17.6. The number of nitrogens with one attached hydrogen (secondary N) is 4. The molecule has 0 radical (unpaired) electrons. The summed E-state index contributed by atoms with van der Waals surface area (Å²) in [6.07, 6.45) is 2.71. The number of fused-ring (bicyclic) bond motifs is 2. The van der Waals surface area contributed by atoms with Crippen molar-refractivity contribution in [2.45, 2.75) is 104 Å². The van der Waals surface area contributed by atoms with Crippen LogP contribution in [0, 0.1) is 35.0 Å². The topological polar surface area (TPSA) is 189 Å². The molecule has 6 atom stereocenters. The summed E-state index contributed by atoms with van der Waals surface area (Å²) in [5.74, 6) is -2.99. The molecule has 3 aliphatic carbocycles. The number of primary amides is 1. The summed E-state index contributed by atoms with van der Waals surface area (Å²) in [6.45, 7) is 11.8. The summed E-state index contributed by atoms with van der Waals surface area (Å²) in [7, 11) is 0. The lowest BCUT2D eigenvalue weighted by Crippen LogP contribution is -2.61. The molecule has 1 saturated heterocycles. The molecule has 1 aliphatic heterocycles. The van der Waals surface area contributed by atoms with E-state index < -0.39 is 53.9 Å². The molecule has 1 heterocycles. The standard InChI is InChI=1S/C36H52N6O7/c1-18(2)26(17-49-35(48)38-19(3)4)40-34(47)41-28(23-14-21-9-7-8-10-22(21)15-23)33(46)42-16-24-27(36(24,5)6)29(42)32(45)39-25(13-20-11-12-20)30(43)31(37)44/h7-10,18-20,23-29H,11-17H2,1-6H3,(H2,37,44)(H,38,48)(H,39,45)(H2,40,41,47)/t24?,25?,26-,27+,28?,29?/m1/s1. The molecule has 0 bridgehead atoms. The van der Waals surface area contributed by atoms with Gasteiger partial charge in [-0.15, -0.1) is 0 Å². The lowest BCUT2D eigenvalue weighted by Gasteiger charge is -2.35. The molecule has 6 N–H and O–H groups in total. The number of ketones is 1. The number of rotatable bonds is 14. The zero-order valence-corrected chi connectivity index (χ0v) is 29.4. The van der Waals surface area contributed by atoms with E-state index in [-0.39, 0.29) is 53.6 Å². The van der Waals surface area contributed by atoms with Crippen LogP contribution in [0.2, 0.25) is 0 Å². The molecule has 268 valence electrons. The lowest BCUT2D eigenvalue weighted by atomic mass is 9.93. The third kappa shape index (κ3) is 8.18.